The van der Waals surface area contributed by atoms with E-state index >= 15 is 0 Å². The van der Waals surface area contributed by atoms with Crippen molar-refractivity contribution in [1.82, 2.24) is 5.32 Å². The Balaban J connectivity index is 2.52. The average Bonchev–Trinajstić information content (AvgIpc) is 2.43. The van der Waals surface area contributed by atoms with Gasteiger partial charge >= 0.3 is 0 Å². The highest BCUT2D eigenvalue weighted by Crippen LogP contribution is 2.29. The molecular weight excluding hydrogens is 268 g/mol. The molecule has 0 aliphatic carbocycles. The van der Waals surface area contributed by atoms with Crippen molar-refractivity contribution in [2.75, 3.05) is 6.54 Å². The maximum Gasteiger partial charge on any atom is 0.131 e. The van der Waals surface area contributed by atoms with Gasteiger partial charge in [-0.3, -0.25) is 0 Å². The second-order valence-electron chi connectivity index (χ2n) is 5.36. The zero-order valence-corrected chi connectivity index (χ0v) is 12.7. The van der Waals surface area contributed by atoms with Crippen LogP contribution >= 0.6 is 0 Å². The third-order valence-corrected chi connectivity index (χ3v) is 3.70. The van der Waals surface area contributed by atoms with Gasteiger partial charge in [-0.05, 0) is 49.6 Å². The van der Waals surface area contributed by atoms with E-state index in [0.717, 1.165) is 35.7 Å². The lowest BCUT2D eigenvalue weighted by Crippen LogP contribution is -2.25. The Hall–Kier alpha value is -1.74. The Morgan fingerprint density at radius 2 is 1.71 bits per heavy atom. The van der Waals surface area contributed by atoms with Crippen LogP contribution in [0.25, 0.3) is 0 Å². The summed E-state index contributed by atoms with van der Waals surface area (Å²) in [5, 5.41) is 3.38. The van der Waals surface area contributed by atoms with Gasteiger partial charge in [0.25, 0.3) is 0 Å². The fourth-order valence-corrected chi connectivity index (χ4v) is 2.67. The van der Waals surface area contributed by atoms with E-state index in [-0.39, 0.29) is 6.04 Å². The smallest absolute Gasteiger partial charge is 0.131 e. The number of hydrogen-bond acceptors (Lipinski definition) is 1. The summed E-state index contributed by atoms with van der Waals surface area (Å²) in [6.45, 7) is 6.87. The van der Waals surface area contributed by atoms with Crippen molar-refractivity contribution in [2.45, 2.75) is 33.2 Å². The first-order chi connectivity index (χ1) is 10.0. The second kappa shape index (κ2) is 6.81. The van der Waals surface area contributed by atoms with Crippen LogP contribution in [0.3, 0.4) is 0 Å². The molecule has 1 atom stereocenters. The molecule has 0 amide bonds. The van der Waals surface area contributed by atoms with Gasteiger partial charge < -0.3 is 5.32 Å². The van der Waals surface area contributed by atoms with Crippen molar-refractivity contribution in [3.63, 3.8) is 0 Å². The highest BCUT2D eigenvalue weighted by Gasteiger charge is 2.21. The first kappa shape index (κ1) is 15.6. The fraction of sp³-hybridized carbons (Fsp3) is 0.333. The van der Waals surface area contributed by atoms with E-state index in [0.29, 0.717) is 5.56 Å². The molecule has 0 spiro atoms. The Labute approximate surface area is 125 Å². The maximum absolute atomic E-state index is 14.2. The molecule has 0 aliphatic rings. The van der Waals surface area contributed by atoms with Crippen molar-refractivity contribution in [2.24, 2.45) is 0 Å². The molecule has 21 heavy (non-hydrogen) atoms. The van der Waals surface area contributed by atoms with Gasteiger partial charge in [-0.15, -0.1) is 0 Å². The van der Waals surface area contributed by atoms with Crippen molar-refractivity contribution in [3.05, 3.63) is 70.3 Å². The van der Waals surface area contributed by atoms with Crippen LogP contribution in [0.2, 0.25) is 0 Å². The molecule has 1 N–H and O–H groups in total. The molecule has 112 valence electrons. The third-order valence-electron chi connectivity index (χ3n) is 3.70. The molecule has 2 aromatic carbocycles. The summed E-state index contributed by atoms with van der Waals surface area (Å²) >= 11 is 0. The highest BCUT2D eigenvalue weighted by atomic mass is 19.1. The van der Waals surface area contributed by atoms with Gasteiger partial charge in [0.15, 0.2) is 0 Å². The summed E-state index contributed by atoms with van der Waals surface area (Å²) < 4.78 is 27.4. The molecule has 1 nitrogen and oxygen atoms in total. The molecule has 3 heteroatoms. The van der Waals surface area contributed by atoms with E-state index in [1.165, 1.54) is 12.1 Å². The summed E-state index contributed by atoms with van der Waals surface area (Å²) in [5.74, 6) is -1.06. The van der Waals surface area contributed by atoms with Crippen LogP contribution in [-0.2, 0) is 0 Å². The number of halogens is 2. The number of rotatable bonds is 5. The average molecular weight is 289 g/mol. The van der Waals surface area contributed by atoms with Crippen LogP contribution < -0.4 is 5.32 Å². The van der Waals surface area contributed by atoms with E-state index in [2.05, 4.69) is 12.2 Å². The summed E-state index contributed by atoms with van der Waals surface area (Å²) in [5.41, 5.74) is 3.76. The lowest BCUT2D eigenvalue weighted by Gasteiger charge is -2.24. The quantitative estimate of drug-likeness (QED) is 0.843. The Bertz CT molecular complexity index is 602. The molecule has 1 unspecified atom stereocenters. The first-order valence-corrected chi connectivity index (χ1v) is 7.29. The highest BCUT2D eigenvalue weighted by molar-refractivity contribution is 5.42. The fourth-order valence-electron chi connectivity index (χ4n) is 2.67. The standard InChI is InChI=1S/C18H21F2N/c1-4-10-21-18(15-9-8-14(19)11-16(15)20)17-12(2)6-5-7-13(17)3/h5-9,11,18,21H,4,10H2,1-3H3. The van der Waals surface area contributed by atoms with Crippen LogP contribution in [0.5, 0.6) is 0 Å². The summed E-state index contributed by atoms with van der Waals surface area (Å²) in [7, 11) is 0. The number of nitrogens with one attached hydrogen (secondary N) is 1. The van der Waals surface area contributed by atoms with E-state index in [9.17, 15) is 8.78 Å². The van der Waals surface area contributed by atoms with Crippen LogP contribution in [-0.4, -0.2) is 6.54 Å². The van der Waals surface area contributed by atoms with Gasteiger partial charge in [0, 0.05) is 11.6 Å². The molecule has 0 fully saturated rings. The number of benzene rings is 2. The predicted octanol–water partition coefficient (Wildman–Crippen LogP) is 4.67. The lowest BCUT2D eigenvalue weighted by atomic mass is 9.91. The molecule has 0 saturated carbocycles. The third kappa shape index (κ3) is 3.48. The largest absolute Gasteiger partial charge is 0.306 e. The van der Waals surface area contributed by atoms with E-state index < -0.39 is 11.6 Å². The molecule has 0 aliphatic heterocycles. The first-order valence-electron chi connectivity index (χ1n) is 7.29. The van der Waals surface area contributed by atoms with Crippen LogP contribution in [0.4, 0.5) is 8.78 Å². The SMILES string of the molecule is CCCNC(c1ccc(F)cc1F)c1c(C)cccc1C. The zero-order valence-electron chi connectivity index (χ0n) is 12.7. The molecule has 0 saturated heterocycles. The van der Waals surface area contributed by atoms with Crippen LogP contribution in [0.1, 0.15) is 41.6 Å². The van der Waals surface area contributed by atoms with Crippen molar-refractivity contribution in [1.29, 1.82) is 0 Å². The molecule has 2 rings (SSSR count). The minimum atomic E-state index is -0.549. The molecule has 0 bridgehead atoms. The van der Waals surface area contributed by atoms with E-state index in [4.69, 9.17) is 0 Å². The molecule has 0 radical (unpaired) electrons. The summed E-state index contributed by atoms with van der Waals surface area (Å²) in [6.07, 6.45) is 0.949. The Kier molecular flexibility index (Phi) is 5.07. The van der Waals surface area contributed by atoms with Crippen LogP contribution in [0.15, 0.2) is 36.4 Å². The number of hydrogen-bond donors (Lipinski definition) is 1. The maximum atomic E-state index is 14.2. The van der Waals surface area contributed by atoms with Crippen molar-refractivity contribution >= 4 is 0 Å². The van der Waals surface area contributed by atoms with E-state index in [1.807, 2.05) is 32.0 Å². The predicted molar refractivity (Wildman–Crippen MR) is 82.4 cm³/mol. The number of aryl methyl sites for hydroxylation is 2. The summed E-state index contributed by atoms with van der Waals surface area (Å²) in [6, 6.07) is 9.56. The van der Waals surface area contributed by atoms with E-state index in [1.54, 1.807) is 0 Å². The minimum Gasteiger partial charge on any atom is -0.306 e. The van der Waals surface area contributed by atoms with Gasteiger partial charge in [0.2, 0.25) is 0 Å². The Morgan fingerprint density at radius 3 is 2.29 bits per heavy atom. The van der Waals surface area contributed by atoms with Crippen molar-refractivity contribution < 1.29 is 8.78 Å². The normalized spacial score (nSPS) is 12.4. The monoisotopic (exact) mass is 289 g/mol. The molecule has 2 aromatic rings. The zero-order chi connectivity index (χ0) is 15.4. The topological polar surface area (TPSA) is 12.0 Å². The minimum absolute atomic E-state index is 0.258. The van der Waals surface area contributed by atoms with Gasteiger partial charge in [0.05, 0.1) is 6.04 Å². The van der Waals surface area contributed by atoms with Gasteiger partial charge in [-0.1, -0.05) is 31.2 Å². The second-order valence-corrected chi connectivity index (χ2v) is 5.36. The van der Waals surface area contributed by atoms with Crippen LogP contribution in [0, 0.1) is 25.5 Å². The molecular formula is C18H21F2N. The van der Waals surface area contributed by atoms with Crippen molar-refractivity contribution in [3.8, 4) is 0 Å². The van der Waals surface area contributed by atoms with Gasteiger partial charge in [-0.2, -0.15) is 0 Å². The lowest BCUT2D eigenvalue weighted by molar-refractivity contribution is 0.531. The molecule has 0 aromatic heterocycles. The molecule has 0 heterocycles. The van der Waals surface area contributed by atoms with Gasteiger partial charge in [-0.25, -0.2) is 8.78 Å². The van der Waals surface area contributed by atoms with Gasteiger partial charge in [0.1, 0.15) is 11.6 Å². The summed E-state index contributed by atoms with van der Waals surface area (Å²) in [4.78, 5) is 0. The Morgan fingerprint density at radius 1 is 1.05 bits per heavy atom.